The van der Waals surface area contributed by atoms with Crippen molar-refractivity contribution in [3.63, 3.8) is 0 Å². The van der Waals surface area contributed by atoms with Crippen LogP contribution < -0.4 is 10.6 Å². The third kappa shape index (κ3) is 9.52. The smallest absolute Gasteiger partial charge is 0.352 e. The molecule has 1 unspecified atom stereocenters. The van der Waals surface area contributed by atoms with E-state index in [1.165, 1.54) is 11.6 Å². The first kappa shape index (κ1) is 37.1. The van der Waals surface area contributed by atoms with Crippen LogP contribution in [0, 0.1) is 0 Å². The molecule has 5 nitrogen and oxygen atoms in total. The fraction of sp³-hybridized carbons (Fsp3) is 0.214. The lowest BCUT2D eigenvalue weighted by molar-refractivity contribution is -0.137. The Balaban J connectivity index is 1.38. The van der Waals surface area contributed by atoms with Gasteiger partial charge in [0.05, 0.1) is 11.5 Å². The van der Waals surface area contributed by atoms with Gasteiger partial charge in [0.1, 0.15) is 6.29 Å². The first-order valence-corrected chi connectivity index (χ1v) is 16.9. The molecule has 1 atom stereocenters. The second kappa shape index (κ2) is 15.8. The molecular weight excluding hydrogens is 673 g/mol. The molecule has 0 aliphatic carbocycles. The molecule has 0 aliphatic heterocycles. The summed E-state index contributed by atoms with van der Waals surface area (Å²) >= 11 is 6.21. The SMILES string of the molecule is CC(C)(C)c1ccc(-c2ccc(C(Cc3ccc(C(=O)NCCC=O)cc3)C(=O)Nc3ccc(-c4ccc(C(F)(F)F)cc4Cl)cc3)cc2)cc1. The van der Waals surface area contributed by atoms with E-state index in [9.17, 15) is 27.6 Å². The minimum Gasteiger partial charge on any atom is -0.352 e. The number of amides is 2. The first-order valence-electron chi connectivity index (χ1n) is 16.5. The molecule has 0 saturated heterocycles. The zero-order chi connectivity index (χ0) is 36.8. The first-order chi connectivity index (χ1) is 24.2. The fourth-order valence-corrected chi connectivity index (χ4v) is 5.98. The quantitative estimate of drug-likeness (QED) is 0.106. The minimum atomic E-state index is -4.50. The van der Waals surface area contributed by atoms with E-state index in [0.29, 0.717) is 28.8 Å². The molecular formula is C42H38ClF3N2O3. The molecule has 0 aromatic heterocycles. The maximum atomic E-state index is 13.9. The topological polar surface area (TPSA) is 75.3 Å². The van der Waals surface area contributed by atoms with Crippen molar-refractivity contribution in [3.8, 4) is 22.3 Å². The second-order valence-electron chi connectivity index (χ2n) is 13.4. The molecule has 0 fully saturated rings. The van der Waals surface area contributed by atoms with Gasteiger partial charge in [-0.2, -0.15) is 13.2 Å². The van der Waals surface area contributed by atoms with E-state index in [-0.39, 0.29) is 35.2 Å². The summed E-state index contributed by atoms with van der Waals surface area (Å²) in [6, 6.07) is 33.3. The molecule has 262 valence electrons. The summed E-state index contributed by atoms with van der Waals surface area (Å²) in [6.07, 6.45) is -3.18. The van der Waals surface area contributed by atoms with Crippen LogP contribution in [0.1, 0.15) is 65.7 Å². The molecule has 5 aromatic rings. The van der Waals surface area contributed by atoms with E-state index in [4.69, 9.17) is 11.6 Å². The number of aldehydes is 1. The van der Waals surface area contributed by atoms with Crippen LogP contribution in [0.25, 0.3) is 22.3 Å². The van der Waals surface area contributed by atoms with Gasteiger partial charge in [-0.05, 0) is 81.6 Å². The summed E-state index contributed by atoms with van der Waals surface area (Å²) in [4.78, 5) is 37.0. The summed E-state index contributed by atoms with van der Waals surface area (Å²) < 4.78 is 39.4. The molecule has 51 heavy (non-hydrogen) atoms. The van der Waals surface area contributed by atoms with E-state index in [2.05, 4.69) is 55.7 Å². The van der Waals surface area contributed by atoms with Crippen molar-refractivity contribution in [2.75, 3.05) is 11.9 Å². The van der Waals surface area contributed by atoms with Gasteiger partial charge in [-0.15, -0.1) is 0 Å². The monoisotopic (exact) mass is 710 g/mol. The van der Waals surface area contributed by atoms with Crippen LogP contribution >= 0.6 is 11.6 Å². The number of carbonyl (C=O) groups excluding carboxylic acids is 3. The van der Waals surface area contributed by atoms with Gasteiger partial charge < -0.3 is 15.4 Å². The Bertz CT molecular complexity index is 1980. The highest BCUT2D eigenvalue weighted by molar-refractivity contribution is 6.33. The largest absolute Gasteiger partial charge is 0.416 e. The maximum Gasteiger partial charge on any atom is 0.416 e. The number of hydrogen-bond donors (Lipinski definition) is 2. The molecule has 0 aliphatic rings. The summed E-state index contributed by atoms with van der Waals surface area (Å²) in [5.41, 5.74) is 6.16. The highest BCUT2D eigenvalue weighted by Gasteiger charge is 2.31. The predicted octanol–water partition coefficient (Wildman–Crippen LogP) is 10.3. The lowest BCUT2D eigenvalue weighted by atomic mass is 9.86. The van der Waals surface area contributed by atoms with Crippen molar-refractivity contribution in [2.24, 2.45) is 0 Å². The Morgan fingerprint density at radius 3 is 1.86 bits per heavy atom. The van der Waals surface area contributed by atoms with Crippen LogP contribution in [0.4, 0.5) is 18.9 Å². The highest BCUT2D eigenvalue weighted by atomic mass is 35.5. The highest BCUT2D eigenvalue weighted by Crippen LogP contribution is 2.36. The average Bonchev–Trinajstić information content (AvgIpc) is 3.10. The van der Waals surface area contributed by atoms with Crippen molar-refractivity contribution in [1.29, 1.82) is 0 Å². The number of nitrogens with one attached hydrogen (secondary N) is 2. The predicted molar refractivity (Wildman–Crippen MR) is 197 cm³/mol. The Morgan fingerprint density at radius 2 is 1.31 bits per heavy atom. The molecule has 9 heteroatoms. The van der Waals surface area contributed by atoms with Crippen LogP contribution in [-0.4, -0.2) is 24.6 Å². The fourth-order valence-electron chi connectivity index (χ4n) is 5.70. The van der Waals surface area contributed by atoms with Gasteiger partial charge in [-0.3, -0.25) is 9.59 Å². The Kier molecular flexibility index (Phi) is 11.5. The second-order valence-corrected chi connectivity index (χ2v) is 13.8. The average molecular weight is 711 g/mol. The molecule has 0 spiro atoms. The Morgan fingerprint density at radius 1 is 0.745 bits per heavy atom. The number of anilines is 1. The van der Waals surface area contributed by atoms with Gasteiger partial charge in [-0.25, -0.2) is 0 Å². The molecule has 0 radical (unpaired) electrons. The molecule has 2 amide bonds. The van der Waals surface area contributed by atoms with E-state index >= 15 is 0 Å². The summed E-state index contributed by atoms with van der Waals surface area (Å²) in [5.74, 6) is -1.14. The van der Waals surface area contributed by atoms with Gasteiger partial charge in [0.15, 0.2) is 0 Å². The standard InChI is InChI=1S/C42H38ClF3N2O3/c1-41(2,3)33-17-13-29(14-18-33)28-9-11-31(12-10-28)37(25-27-5-7-32(8-6-27)39(50)47-23-4-24-49)40(51)48-35-20-15-30(16-21-35)36-22-19-34(26-38(36)43)42(44,45)46/h5-22,24,26,37H,4,23,25H2,1-3H3,(H,47,50)(H,48,51). The van der Waals surface area contributed by atoms with Gasteiger partial charge in [-0.1, -0.05) is 111 Å². The van der Waals surface area contributed by atoms with Crippen LogP contribution in [0.2, 0.25) is 5.02 Å². The van der Waals surface area contributed by atoms with Crippen molar-refractivity contribution < 1.29 is 27.6 Å². The van der Waals surface area contributed by atoms with Crippen LogP contribution in [0.3, 0.4) is 0 Å². The maximum absolute atomic E-state index is 13.9. The van der Waals surface area contributed by atoms with Gasteiger partial charge >= 0.3 is 6.18 Å². The van der Waals surface area contributed by atoms with Crippen LogP contribution in [0.15, 0.2) is 115 Å². The van der Waals surface area contributed by atoms with E-state index < -0.39 is 17.7 Å². The van der Waals surface area contributed by atoms with Crippen LogP contribution in [-0.2, 0) is 27.6 Å². The minimum absolute atomic E-state index is 0.0280. The zero-order valence-electron chi connectivity index (χ0n) is 28.5. The number of alkyl halides is 3. The van der Waals surface area contributed by atoms with Gasteiger partial charge in [0, 0.05) is 34.8 Å². The number of rotatable bonds is 11. The lowest BCUT2D eigenvalue weighted by Crippen LogP contribution is -2.25. The van der Waals surface area contributed by atoms with Crippen molar-refractivity contribution in [2.45, 2.75) is 51.1 Å². The molecule has 0 heterocycles. The summed E-state index contributed by atoms with van der Waals surface area (Å²) in [7, 11) is 0. The number of benzene rings is 5. The molecule has 0 saturated carbocycles. The molecule has 5 rings (SSSR count). The molecule has 2 N–H and O–H groups in total. The number of hydrogen-bond acceptors (Lipinski definition) is 3. The number of carbonyl (C=O) groups is 3. The van der Waals surface area contributed by atoms with Crippen molar-refractivity contribution in [1.82, 2.24) is 5.32 Å². The Hall–Kier alpha value is -5.21. The van der Waals surface area contributed by atoms with Crippen molar-refractivity contribution >= 4 is 35.4 Å². The zero-order valence-corrected chi connectivity index (χ0v) is 29.2. The lowest BCUT2D eigenvalue weighted by Gasteiger charge is -2.20. The van der Waals surface area contributed by atoms with E-state index in [0.717, 1.165) is 40.7 Å². The third-order valence-corrected chi connectivity index (χ3v) is 8.99. The molecule has 5 aromatic carbocycles. The van der Waals surface area contributed by atoms with Gasteiger partial charge in [0.25, 0.3) is 5.91 Å². The van der Waals surface area contributed by atoms with Crippen molar-refractivity contribution in [3.05, 3.63) is 148 Å². The normalized spacial score (nSPS) is 12.2. The van der Waals surface area contributed by atoms with E-state index in [1.807, 2.05) is 36.4 Å². The summed E-state index contributed by atoms with van der Waals surface area (Å²) in [5, 5.41) is 5.67. The third-order valence-electron chi connectivity index (χ3n) is 8.68. The van der Waals surface area contributed by atoms with E-state index in [1.54, 1.807) is 36.4 Å². The van der Waals surface area contributed by atoms with Crippen LogP contribution in [0.5, 0.6) is 0 Å². The number of halogens is 4. The summed E-state index contributed by atoms with van der Waals surface area (Å²) in [6.45, 7) is 6.76. The Labute approximate surface area is 300 Å². The molecule has 0 bridgehead atoms. The van der Waals surface area contributed by atoms with Gasteiger partial charge in [0.2, 0.25) is 5.91 Å².